The normalized spacial score (nSPS) is 14.1. The smallest absolute Gasteiger partial charge is 0.234 e. The maximum absolute atomic E-state index is 12.4. The Morgan fingerprint density at radius 2 is 1.28 bits per heavy atom. The molecule has 0 aliphatic rings. The third kappa shape index (κ3) is 11.1. The molecule has 1 amide bonds. The lowest BCUT2D eigenvalue weighted by Gasteiger charge is -2.25. The molecule has 0 fully saturated rings. The molecule has 0 saturated carbocycles. The molecule has 0 aromatic heterocycles. The summed E-state index contributed by atoms with van der Waals surface area (Å²) in [4.78, 5) is 36.8. The lowest BCUT2D eigenvalue weighted by atomic mass is 9.84. The average Bonchev–Trinajstić information content (AvgIpc) is 2.39. The van der Waals surface area contributed by atoms with Crippen LogP contribution < -0.4 is 10.6 Å². The largest absolute Gasteiger partial charge is 0.352 e. The van der Waals surface area contributed by atoms with Gasteiger partial charge in [0.05, 0.1) is 6.54 Å². The van der Waals surface area contributed by atoms with E-state index in [-0.39, 0.29) is 42.0 Å². The highest BCUT2D eigenvalue weighted by atomic mass is 16.2. The van der Waals surface area contributed by atoms with Gasteiger partial charge in [0.1, 0.15) is 11.6 Å². The van der Waals surface area contributed by atoms with E-state index in [1.807, 2.05) is 62.3 Å². The van der Waals surface area contributed by atoms with Gasteiger partial charge in [0, 0.05) is 35.3 Å². The van der Waals surface area contributed by atoms with Gasteiger partial charge in [0.25, 0.3) is 0 Å². The van der Waals surface area contributed by atoms with Crippen molar-refractivity contribution < 1.29 is 14.4 Å². The summed E-state index contributed by atoms with van der Waals surface area (Å²) < 4.78 is 0. The van der Waals surface area contributed by atoms with Gasteiger partial charge in [-0.3, -0.25) is 14.4 Å². The molecule has 0 bridgehead atoms. The summed E-state index contributed by atoms with van der Waals surface area (Å²) in [5.41, 5.74) is -1.02. The highest BCUT2D eigenvalue weighted by molar-refractivity contribution is 5.86. The fourth-order valence-corrected chi connectivity index (χ4v) is 2.06. The molecule has 1 atom stereocenters. The minimum atomic E-state index is -0.458. The van der Waals surface area contributed by atoms with Crippen molar-refractivity contribution in [3.05, 3.63) is 0 Å². The van der Waals surface area contributed by atoms with E-state index in [1.54, 1.807) is 0 Å². The number of hydrogen-bond donors (Lipinski definition) is 2. The van der Waals surface area contributed by atoms with Gasteiger partial charge in [-0.1, -0.05) is 41.5 Å². The van der Waals surface area contributed by atoms with Gasteiger partial charge < -0.3 is 10.6 Å². The summed E-state index contributed by atoms with van der Waals surface area (Å²) in [5.74, 6) is 0.0809. The Morgan fingerprint density at radius 3 is 1.68 bits per heavy atom. The molecular formula is C20H38N2O3. The van der Waals surface area contributed by atoms with E-state index in [4.69, 9.17) is 0 Å². The van der Waals surface area contributed by atoms with E-state index >= 15 is 0 Å². The minimum absolute atomic E-state index is 0.0878. The van der Waals surface area contributed by atoms with Crippen LogP contribution >= 0.6 is 0 Å². The summed E-state index contributed by atoms with van der Waals surface area (Å²) >= 11 is 0. The van der Waals surface area contributed by atoms with Crippen LogP contribution in [0.2, 0.25) is 0 Å². The number of ketones is 2. The second-order valence-corrected chi connectivity index (χ2v) is 9.96. The van der Waals surface area contributed by atoms with Crippen LogP contribution in [0.1, 0.15) is 81.6 Å². The number of amides is 1. The average molecular weight is 355 g/mol. The molecule has 0 heterocycles. The van der Waals surface area contributed by atoms with Crippen LogP contribution in [0.25, 0.3) is 0 Å². The SMILES string of the molecule is CC(C)(C)NCC(=O)NC(CCC(=O)C(C)(C)C)CC(=O)C(C)(C)C. The zero-order valence-electron chi connectivity index (χ0n) is 17.6. The zero-order chi connectivity index (χ0) is 20.1. The number of carbonyl (C=O) groups is 3. The van der Waals surface area contributed by atoms with Crippen LogP contribution in [-0.4, -0.2) is 35.6 Å². The first-order valence-corrected chi connectivity index (χ1v) is 9.13. The van der Waals surface area contributed by atoms with E-state index in [0.29, 0.717) is 12.8 Å². The number of hydrogen-bond acceptors (Lipinski definition) is 4. The highest BCUT2D eigenvalue weighted by Crippen LogP contribution is 2.22. The van der Waals surface area contributed by atoms with Crippen molar-refractivity contribution in [3.8, 4) is 0 Å². The first-order valence-electron chi connectivity index (χ1n) is 9.13. The molecule has 0 radical (unpaired) electrons. The molecule has 0 spiro atoms. The lowest BCUT2D eigenvalue weighted by molar-refractivity contribution is -0.129. The standard InChI is InChI=1S/C20H38N2O3/c1-18(2,3)15(23)11-10-14(12-16(24)19(4,5)6)22-17(25)13-21-20(7,8)9/h14,21H,10-13H2,1-9H3,(H,22,25). The summed E-state index contributed by atoms with van der Waals surface area (Å²) in [6.07, 6.45) is 1.10. The summed E-state index contributed by atoms with van der Waals surface area (Å²) in [5, 5.41) is 6.06. The van der Waals surface area contributed by atoms with Crippen molar-refractivity contribution >= 4 is 17.5 Å². The Labute approximate surface area is 153 Å². The van der Waals surface area contributed by atoms with Gasteiger partial charge in [0.15, 0.2) is 0 Å². The van der Waals surface area contributed by atoms with Crippen molar-refractivity contribution in [3.63, 3.8) is 0 Å². The molecule has 1 unspecified atom stereocenters. The molecule has 0 aliphatic heterocycles. The minimum Gasteiger partial charge on any atom is -0.352 e. The van der Waals surface area contributed by atoms with Crippen molar-refractivity contribution in [1.82, 2.24) is 10.6 Å². The molecule has 5 nitrogen and oxygen atoms in total. The molecule has 0 aromatic rings. The fourth-order valence-electron chi connectivity index (χ4n) is 2.06. The molecule has 5 heteroatoms. The maximum atomic E-state index is 12.4. The van der Waals surface area contributed by atoms with E-state index < -0.39 is 10.8 Å². The van der Waals surface area contributed by atoms with Crippen molar-refractivity contribution in [2.45, 2.75) is 93.2 Å². The third-order valence-electron chi connectivity index (χ3n) is 3.97. The molecule has 0 aromatic carbocycles. The van der Waals surface area contributed by atoms with Crippen LogP contribution in [0.4, 0.5) is 0 Å². The van der Waals surface area contributed by atoms with Crippen LogP contribution in [0.5, 0.6) is 0 Å². The molecule has 0 aliphatic carbocycles. The van der Waals surface area contributed by atoms with Crippen LogP contribution in [0.3, 0.4) is 0 Å². The van der Waals surface area contributed by atoms with Gasteiger partial charge in [0.2, 0.25) is 5.91 Å². The summed E-state index contributed by atoms with van der Waals surface area (Å²) in [7, 11) is 0. The predicted molar refractivity (Wildman–Crippen MR) is 102 cm³/mol. The summed E-state index contributed by atoms with van der Waals surface area (Å²) in [6, 6.07) is -0.313. The van der Waals surface area contributed by atoms with Gasteiger partial charge in [-0.25, -0.2) is 0 Å². The van der Waals surface area contributed by atoms with Gasteiger partial charge >= 0.3 is 0 Å². The second-order valence-electron chi connectivity index (χ2n) is 9.96. The Morgan fingerprint density at radius 1 is 0.800 bits per heavy atom. The first-order chi connectivity index (χ1) is 11.0. The Balaban J connectivity index is 4.86. The van der Waals surface area contributed by atoms with Gasteiger partial charge in [-0.05, 0) is 27.2 Å². The number of nitrogens with one attached hydrogen (secondary N) is 2. The van der Waals surface area contributed by atoms with E-state index in [1.165, 1.54) is 0 Å². The Kier molecular flexibility index (Phi) is 8.49. The monoisotopic (exact) mass is 354 g/mol. The second kappa shape index (κ2) is 8.93. The molecular weight excluding hydrogens is 316 g/mol. The van der Waals surface area contributed by atoms with E-state index in [0.717, 1.165) is 0 Å². The Bertz CT molecular complexity index is 477. The highest BCUT2D eigenvalue weighted by Gasteiger charge is 2.28. The molecule has 0 rings (SSSR count). The molecule has 25 heavy (non-hydrogen) atoms. The molecule has 146 valence electrons. The predicted octanol–water partition coefficient (Wildman–Crippen LogP) is 3.26. The van der Waals surface area contributed by atoms with E-state index in [2.05, 4.69) is 10.6 Å². The van der Waals surface area contributed by atoms with Crippen LogP contribution in [0.15, 0.2) is 0 Å². The number of rotatable bonds is 8. The Hall–Kier alpha value is -1.23. The van der Waals surface area contributed by atoms with Crippen LogP contribution in [0, 0.1) is 10.8 Å². The van der Waals surface area contributed by atoms with Gasteiger partial charge in [-0.2, -0.15) is 0 Å². The van der Waals surface area contributed by atoms with Crippen LogP contribution in [-0.2, 0) is 14.4 Å². The number of Topliss-reactive ketones (excluding diaryl/α,β-unsaturated/α-hetero) is 2. The summed E-state index contributed by atoms with van der Waals surface area (Å²) in [6.45, 7) is 17.4. The number of carbonyl (C=O) groups excluding carboxylic acids is 3. The zero-order valence-corrected chi connectivity index (χ0v) is 17.6. The van der Waals surface area contributed by atoms with E-state index in [9.17, 15) is 14.4 Å². The maximum Gasteiger partial charge on any atom is 0.234 e. The van der Waals surface area contributed by atoms with Crippen molar-refractivity contribution in [1.29, 1.82) is 0 Å². The molecule has 2 N–H and O–H groups in total. The van der Waals surface area contributed by atoms with Gasteiger partial charge in [-0.15, -0.1) is 0 Å². The lowest BCUT2D eigenvalue weighted by Crippen LogP contribution is -2.47. The fraction of sp³-hybridized carbons (Fsp3) is 0.850. The van der Waals surface area contributed by atoms with Crippen molar-refractivity contribution in [2.24, 2.45) is 10.8 Å². The first kappa shape index (κ1) is 23.8. The third-order valence-corrected chi connectivity index (χ3v) is 3.97. The van der Waals surface area contributed by atoms with Crippen molar-refractivity contribution in [2.75, 3.05) is 6.54 Å². The quantitative estimate of drug-likeness (QED) is 0.701. The topological polar surface area (TPSA) is 75.3 Å². The molecule has 0 saturated heterocycles.